The third-order valence-electron chi connectivity index (χ3n) is 3.96. The summed E-state index contributed by atoms with van der Waals surface area (Å²) in [4.78, 5) is 0. The second-order valence-electron chi connectivity index (χ2n) is 5.12. The lowest BCUT2D eigenvalue weighted by molar-refractivity contribution is 0.442. The highest BCUT2D eigenvalue weighted by Gasteiger charge is 2.12. The van der Waals surface area contributed by atoms with E-state index < -0.39 is 0 Å². The number of para-hydroxylation sites is 1. The Hall–Kier alpha value is -1.58. The predicted octanol–water partition coefficient (Wildman–Crippen LogP) is 4.60. The van der Waals surface area contributed by atoms with Crippen molar-refractivity contribution in [3.63, 3.8) is 0 Å². The molecule has 3 aromatic rings. The largest absolute Gasteiger partial charge is 0.341 e. The van der Waals surface area contributed by atoms with E-state index in [0.717, 1.165) is 12.1 Å². The van der Waals surface area contributed by atoms with Crippen molar-refractivity contribution in [1.29, 1.82) is 0 Å². The molecule has 1 atom stereocenters. The number of aromatic nitrogens is 1. The summed E-state index contributed by atoms with van der Waals surface area (Å²) in [5.41, 5.74) is 9.49. The number of hydrogen-bond donors (Lipinski definition) is 1. The van der Waals surface area contributed by atoms with Crippen molar-refractivity contribution < 1.29 is 4.39 Å². The van der Waals surface area contributed by atoms with Gasteiger partial charge in [-0.25, -0.2) is 0 Å². The first-order valence-corrected chi connectivity index (χ1v) is 7.08. The number of fused-ring (bicyclic) bond motifs is 3. The van der Waals surface area contributed by atoms with Crippen LogP contribution in [0.15, 0.2) is 42.5 Å². The fourth-order valence-electron chi connectivity index (χ4n) is 2.93. The van der Waals surface area contributed by atoms with Gasteiger partial charge in [-0.15, -0.1) is 12.4 Å². The number of nitrogens with zero attached hydrogens (tertiary/aromatic N) is 1. The molecule has 2 aromatic carbocycles. The van der Waals surface area contributed by atoms with E-state index >= 15 is 0 Å². The average Bonchev–Trinajstić information content (AvgIpc) is 2.80. The lowest BCUT2D eigenvalue weighted by Gasteiger charge is -2.10. The van der Waals surface area contributed by atoms with Crippen LogP contribution in [-0.2, 0) is 6.54 Å². The molecule has 0 fully saturated rings. The van der Waals surface area contributed by atoms with Gasteiger partial charge in [0.15, 0.2) is 0 Å². The standard InChI is InChI=1S/C17H19FN2.ClH/c1-2-20-16-6-4-3-5-13(16)14-11-12(7-8-17(14)20)15(19)9-10-18;/h3-8,11,15H,2,9-10,19H2,1H3;1H/t15-;/m0./s1. The number of rotatable bonds is 4. The molecule has 1 aromatic heterocycles. The Balaban J connectivity index is 0.00000161. The van der Waals surface area contributed by atoms with Crippen LogP contribution in [0.4, 0.5) is 4.39 Å². The molecular formula is C17H20ClFN2. The van der Waals surface area contributed by atoms with Crippen LogP contribution >= 0.6 is 12.4 Å². The topological polar surface area (TPSA) is 30.9 Å². The van der Waals surface area contributed by atoms with Gasteiger partial charge in [-0.2, -0.15) is 0 Å². The van der Waals surface area contributed by atoms with E-state index in [1.165, 1.54) is 21.8 Å². The SMILES string of the molecule is CCn1c2ccccc2c2cc([C@@H](N)CCF)ccc21.Cl. The van der Waals surface area contributed by atoms with Crippen LogP contribution in [0.1, 0.15) is 24.9 Å². The zero-order valence-corrected chi connectivity index (χ0v) is 12.9. The van der Waals surface area contributed by atoms with Crippen molar-refractivity contribution in [1.82, 2.24) is 4.57 Å². The van der Waals surface area contributed by atoms with Crippen LogP contribution in [0.3, 0.4) is 0 Å². The summed E-state index contributed by atoms with van der Waals surface area (Å²) >= 11 is 0. The minimum atomic E-state index is -0.379. The van der Waals surface area contributed by atoms with Crippen molar-refractivity contribution in [3.8, 4) is 0 Å². The van der Waals surface area contributed by atoms with Gasteiger partial charge in [0.1, 0.15) is 0 Å². The van der Waals surface area contributed by atoms with Gasteiger partial charge >= 0.3 is 0 Å². The third-order valence-corrected chi connectivity index (χ3v) is 3.96. The van der Waals surface area contributed by atoms with Gasteiger partial charge in [-0.05, 0) is 37.1 Å². The molecule has 2 N–H and O–H groups in total. The molecule has 21 heavy (non-hydrogen) atoms. The second-order valence-corrected chi connectivity index (χ2v) is 5.12. The Morgan fingerprint density at radius 3 is 2.52 bits per heavy atom. The zero-order chi connectivity index (χ0) is 14.1. The lowest BCUT2D eigenvalue weighted by atomic mass is 10.0. The van der Waals surface area contributed by atoms with Crippen molar-refractivity contribution in [3.05, 3.63) is 48.0 Å². The quantitative estimate of drug-likeness (QED) is 0.750. The summed E-state index contributed by atoms with van der Waals surface area (Å²) in [5, 5.41) is 2.44. The van der Waals surface area contributed by atoms with Crippen molar-refractivity contribution in [2.45, 2.75) is 25.9 Å². The van der Waals surface area contributed by atoms with Crippen LogP contribution in [0, 0.1) is 0 Å². The smallest absolute Gasteiger partial charge is 0.0912 e. The normalized spacial score (nSPS) is 12.5. The maximum Gasteiger partial charge on any atom is 0.0912 e. The molecule has 0 aliphatic heterocycles. The Morgan fingerprint density at radius 1 is 1.10 bits per heavy atom. The van der Waals surface area contributed by atoms with E-state index in [1.54, 1.807) is 0 Å². The summed E-state index contributed by atoms with van der Waals surface area (Å²) in [6, 6.07) is 14.4. The highest BCUT2D eigenvalue weighted by atomic mass is 35.5. The first kappa shape index (κ1) is 15.8. The second kappa shape index (κ2) is 6.46. The third kappa shape index (κ3) is 2.63. The Bertz CT molecular complexity index is 751. The van der Waals surface area contributed by atoms with Crippen LogP contribution in [0.25, 0.3) is 21.8 Å². The van der Waals surface area contributed by atoms with Gasteiger partial charge in [0.25, 0.3) is 0 Å². The minimum absolute atomic E-state index is 0. The van der Waals surface area contributed by atoms with Gasteiger partial charge in [-0.3, -0.25) is 4.39 Å². The number of nitrogens with two attached hydrogens (primary N) is 1. The molecule has 0 bridgehead atoms. The van der Waals surface area contributed by atoms with E-state index in [0.29, 0.717) is 6.42 Å². The average molecular weight is 307 g/mol. The molecule has 0 spiro atoms. The van der Waals surface area contributed by atoms with Crippen molar-refractivity contribution in [2.24, 2.45) is 5.73 Å². The molecule has 0 aliphatic rings. The van der Waals surface area contributed by atoms with E-state index in [2.05, 4.69) is 47.9 Å². The molecule has 2 nitrogen and oxygen atoms in total. The van der Waals surface area contributed by atoms with Crippen molar-refractivity contribution >= 4 is 34.2 Å². The Labute approximate surface area is 130 Å². The number of alkyl halides is 1. The highest BCUT2D eigenvalue weighted by Crippen LogP contribution is 2.31. The molecule has 0 aliphatic carbocycles. The molecule has 0 saturated carbocycles. The first-order chi connectivity index (χ1) is 9.76. The van der Waals surface area contributed by atoms with E-state index in [4.69, 9.17) is 5.73 Å². The predicted molar refractivity (Wildman–Crippen MR) is 89.9 cm³/mol. The van der Waals surface area contributed by atoms with Gasteiger partial charge in [0.05, 0.1) is 6.67 Å². The molecule has 1 heterocycles. The van der Waals surface area contributed by atoms with Crippen molar-refractivity contribution in [2.75, 3.05) is 6.67 Å². The molecule has 3 rings (SSSR count). The molecule has 0 saturated heterocycles. The molecular weight excluding hydrogens is 287 g/mol. The van der Waals surface area contributed by atoms with Crippen LogP contribution in [-0.4, -0.2) is 11.2 Å². The lowest BCUT2D eigenvalue weighted by Crippen LogP contribution is -2.10. The fraction of sp³-hybridized carbons (Fsp3) is 0.294. The first-order valence-electron chi connectivity index (χ1n) is 7.08. The number of benzene rings is 2. The Morgan fingerprint density at radius 2 is 1.81 bits per heavy atom. The van der Waals surface area contributed by atoms with E-state index in [1.807, 2.05) is 6.07 Å². The summed E-state index contributed by atoms with van der Waals surface area (Å²) in [5.74, 6) is 0. The molecule has 4 heteroatoms. The molecule has 112 valence electrons. The number of halogens is 2. The van der Waals surface area contributed by atoms with Gasteiger partial charge in [0.2, 0.25) is 0 Å². The highest BCUT2D eigenvalue weighted by molar-refractivity contribution is 6.08. The minimum Gasteiger partial charge on any atom is -0.341 e. The van der Waals surface area contributed by atoms with Gasteiger partial charge < -0.3 is 10.3 Å². The maximum absolute atomic E-state index is 12.5. The molecule has 0 unspecified atom stereocenters. The maximum atomic E-state index is 12.5. The number of aryl methyl sites for hydroxylation is 1. The van der Waals surface area contributed by atoms with Crippen LogP contribution in [0.2, 0.25) is 0 Å². The zero-order valence-electron chi connectivity index (χ0n) is 12.1. The van der Waals surface area contributed by atoms with Gasteiger partial charge in [0, 0.05) is 34.4 Å². The van der Waals surface area contributed by atoms with E-state index in [9.17, 15) is 4.39 Å². The monoisotopic (exact) mass is 306 g/mol. The van der Waals surface area contributed by atoms with Gasteiger partial charge in [-0.1, -0.05) is 24.3 Å². The summed E-state index contributed by atoms with van der Waals surface area (Å²) < 4.78 is 14.8. The van der Waals surface area contributed by atoms with E-state index in [-0.39, 0.29) is 25.1 Å². The van der Waals surface area contributed by atoms with Crippen LogP contribution in [0.5, 0.6) is 0 Å². The molecule has 0 amide bonds. The summed E-state index contributed by atoms with van der Waals surface area (Å²) in [7, 11) is 0. The van der Waals surface area contributed by atoms with Crippen LogP contribution < -0.4 is 5.73 Å². The summed E-state index contributed by atoms with van der Waals surface area (Å²) in [6.07, 6.45) is 0.373. The summed E-state index contributed by atoms with van der Waals surface area (Å²) in [6.45, 7) is 2.70. The molecule has 0 radical (unpaired) electrons. The number of hydrogen-bond acceptors (Lipinski definition) is 1. The fourth-order valence-corrected chi connectivity index (χ4v) is 2.93. The Kier molecular flexibility index (Phi) is 4.86.